The fraction of sp³-hybridized carbons (Fsp3) is 0.250. The first-order valence-electron chi connectivity index (χ1n) is 8.81. The quantitative estimate of drug-likeness (QED) is 0.785. The number of rotatable bonds is 4. The molecule has 0 unspecified atom stereocenters. The molecule has 0 saturated carbocycles. The van der Waals surface area contributed by atoms with Gasteiger partial charge in [0.2, 0.25) is 5.91 Å². The summed E-state index contributed by atoms with van der Waals surface area (Å²) in [6.07, 6.45) is 3.56. The van der Waals surface area contributed by atoms with Crippen molar-refractivity contribution >= 4 is 28.3 Å². The molecule has 26 heavy (non-hydrogen) atoms. The van der Waals surface area contributed by atoms with Crippen LogP contribution in [0, 0.1) is 0 Å². The van der Waals surface area contributed by atoms with Gasteiger partial charge < -0.3 is 10.2 Å². The zero-order valence-electron chi connectivity index (χ0n) is 14.5. The van der Waals surface area contributed by atoms with Crippen molar-refractivity contribution in [2.45, 2.75) is 0 Å². The monoisotopic (exact) mass is 347 g/mol. The Balaban J connectivity index is 1.34. The minimum atomic E-state index is -0.00515. The van der Waals surface area contributed by atoms with E-state index in [9.17, 15) is 4.79 Å². The second-order valence-corrected chi connectivity index (χ2v) is 6.38. The van der Waals surface area contributed by atoms with Gasteiger partial charge in [-0.25, -0.2) is 4.98 Å². The van der Waals surface area contributed by atoms with Gasteiger partial charge in [-0.1, -0.05) is 24.3 Å². The van der Waals surface area contributed by atoms with E-state index in [2.05, 4.69) is 25.1 Å². The molecule has 1 amide bonds. The number of benzene rings is 1. The fourth-order valence-electron chi connectivity index (χ4n) is 3.27. The van der Waals surface area contributed by atoms with Gasteiger partial charge in [0.05, 0.1) is 17.7 Å². The summed E-state index contributed by atoms with van der Waals surface area (Å²) in [7, 11) is 0. The first-order chi connectivity index (χ1) is 12.8. The molecule has 3 heterocycles. The van der Waals surface area contributed by atoms with Crippen molar-refractivity contribution in [3.8, 4) is 0 Å². The molecule has 1 fully saturated rings. The maximum atomic E-state index is 12.5. The zero-order valence-corrected chi connectivity index (χ0v) is 14.5. The second-order valence-electron chi connectivity index (χ2n) is 6.38. The van der Waals surface area contributed by atoms with Crippen LogP contribution in [-0.4, -0.2) is 53.5 Å². The number of nitrogens with zero attached hydrogens (tertiary/aromatic N) is 4. The molecule has 1 aliphatic rings. The predicted molar refractivity (Wildman–Crippen MR) is 103 cm³/mol. The number of nitrogens with one attached hydrogen (secondary N) is 1. The molecule has 1 N–H and O–H groups in total. The van der Waals surface area contributed by atoms with Crippen LogP contribution in [0.3, 0.4) is 0 Å². The molecule has 0 aliphatic carbocycles. The van der Waals surface area contributed by atoms with Crippen LogP contribution >= 0.6 is 0 Å². The van der Waals surface area contributed by atoms with Gasteiger partial charge in [0.15, 0.2) is 0 Å². The number of hydrogen-bond donors (Lipinski definition) is 1. The summed E-state index contributed by atoms with van der Waals surface area (Å²) in [6.45, 7) is 3.83. The van der Waals surface area contributed by atoms with E-state index >= 15 is 0 Å². The number of piperazine rings is 1. The zero-order chi connectivity index (χ0) is 17.8. The number of hydrogen-bond acceptors (Lipinski definition) is 5. The van der Waals surface area contributed by atoms with Crippen LogP contribution in [0.1, 0.15) is 0 Å². The maximum Gasteiger partial charge on any atom is 0.238 e. The molecule has 3 aromatic rings. The third kappa shape index (κ3) is 3.65. The molecular weight excluding hydrogens is 326 g/mol. The number of amides is 1. The number of aromatic nitrogens is 2. The summed E-state index contributed by atoms with van der Waals surface area (Å²) >= 11 is 0. The van der Waals surface area contributed by atoms with Crippen molar-refractivity contribution < 1.29 is 4.79 Å². The lowest BCUT2D eigenvalue weighted by Gasteiger charge is -2.34. The number of para-hydroxylation sites is 1. The lowest BCUT2D eigenvalue weighted by atomic mass is 10.2. The largest absolute Gasteiger partial charge is 0.354 e. The van der Waals surface area contributed by atoms with E-state index in [0.717, 1.165) is 48.6 Å². The molecule has 2 aromatic heterocycles. The van der Waals surface area contributed by atoms with Crippen LogP contribution < -0.4 is 10.2 Å². The van der Waals surface area contributed by atoms with E-state index in [0.29, 0.717) is 6.54 Å². The van der Waals surface area contributed by atoms with Crippen molar-refractivity contribution in [1.82, 2.24) is 14.9 Å². The number of anilines is 2. The number of pyridine rings is 2. The van der Waals surface area contributed by atoms with Crippen LogP contribution in [0.25, 0.3) is 10.9 Å². The average molecular weight is 347 g/mol. The van der Waals surface area contributed by atoms with Gasteiger partial charge in [-0.2, -0.15) is 0 Å². The Labute approximate surface area is 152 Å². The van der Waals surface area contributed by atoms with Gasteiger partial charge in [0.25, 0.3) is 0 Å². The Hall–Kier alpha value is -2.99. The lowest BCUT2D eigenvalue weighted by Crippen LogP contribution is -2.48. The summed E-state index contributed by atoms with van der Waals surface area (Å²) in [6, 6.07) is 15.7. The van der Waals surface area contributed by atoms with Gasteiger partial charge in [0.1, 0.15) is 5.82 Å². The third-order valence-electron chi connectivity index (χ3n) is 4.62. The molecule has 0 bridgehead atoms. The van der Waals surface area contributed by atoms with Crippen molar-refractivity contribution in [3.63, 3.8) is 0 Å². The first-order valence-corrected chi connectivity index (χ1v) is 8.81. The van der Waals surface area contributed by atoms with Gasteiger partial charge in [-0.05, 0) is 24.3 Å². The van der Waals surface area contributed by atoms with Crippen molar-refractivity contribution in [1.29, 1.82) is 0 Å². The van der Waals surface area contributed by atoms with Crippen LogP contribution in [-0.2, 0) is 4.79 Å². The van der Waals surface area contributed by atoms with Crippen LogP contribution in [0.5, 0.6) is 0 Å². The molecule has 6 heteroatoms. The predicted octanol–water partition coefficient (Wildman–Crippen LogP) is 2.39. The molecule has 0 atom stereocenters. The normalized spacial score (nSPS) is 15.2. The minimum absolute atomic E-state index is 0.00515. The van der Waals surface area contributed by atoms with Crippen molar-refractivity contribution in [2.24, 2.45) is 0 Å². The highest BCUT2D eigenvalue weighted by molar-refractivity contribution is 6.00. The smallest absolute Gasteiger partial charge is 0.238 e. The number of fused-ring (bicyclic) bond motifs is 1. The number of carbonyl (C=O) groups is 1. The molecule has 0 spiro atoms. The Morgan fingerprint density at radius 3 is 2.54 bits per heavy atom. The summed E-state index contributed by atoms with van der Waals surface area (Å²) < 4.78 is 0. The third-order valence-corrected chi connectivity index (χ3v) is 4.62. The lowest BCUT2D eigenvalue weighted by molar-refractivity contribution is -0.117. The molecule has 132 valence electrons. The van der Waals surface area contributed by atoms with Gasteiger partial charge in [0, 0.05) is 44.0 Å². The molecule has 0 radical (unpaired) electrons. The van der Waals surface area contributed by atoms with Gasteiger partial charge in [-0.3, -0.25) is 14.7 Å². The van der Waals surface area contributed by atoms with Crippen LogP contribution in [0.2, 0.25) is 0 Å². The molecule has 1 aromatic carbocycles. The van der Waals surface area contributed by atoms with Gasteiger partial charge >= 0.3 is 0 Å². The minimum Gasteiger partial charge on any atom is -0.354 e. The average Bonchev–Trinajstić information content (AvgIpc) is 2.69. The fourth-order valence-corrected chi connectivity index (χ4v) is 3.27. The van der Waals surface area contributed by atoms with Gasteiger partial charge in [-0.15, -0.1) is 0 Å². The van der Waals surface area contributed by atoms with E-state index < -0.39 is 0 Å². The number of carbonyl (C=O) groups excluding carboxylic acids is 1. The SMILES string of the molecule is O=C(CN1CCN(c2ccccn2)CC1)Nc1cccc2cccnc12. The van der Waals surface area contributed by atoms with E-state index in [4.69, 9.17) is 0 Å². The maximum absolute atomic E-state index is 12.5. The van der Waals surface area contributed by atoms with E-state index in [1.165, 1.54) is 0 Å². The molecule has 1 saturated heterocycles. The summed E-state index contributed by atoms with van der Waals surface area (Å²) in [4.78, 5) is 25.7. The Bertz CT molecular complexity index is 886. The summed E-state index contributed by atoms with van der Waals surface area (Å²) in [5, 5.41) is 4.03. The highest BCUT2D eigenvalue weighted by atomic mass is 16.2. The summed E-state index contributed by atoms with van der Waals surface area (Å²) in [5.41, 5.74) is 1.59. The highest BCUT2D eigenvalue weighted by Gasteiger charge is 2.20. The summed E-state index contributed by atoms with van der Waals surface area (Å²) in [5.74, 6) is 0.993. The molecule has 1 aliphatic heterocycles. The Morgan fingerprint density at radius 1 is 0.923 bits per heavy atom. The van der Waals surface area contributed by atoms with E-state index in [1.54, 1.807) is 6.20 Å². The topological polar surface area (TPSA) is 61.4 Å². The van der Waals surface area contributed by atoms with Crippen molar-refractivity contribution in [3.05, 3.63) is 60.9 Å². The van der Waals surface area contributed by atoms with Crippen molar-refractivity contribution in [2.75, 3.05) is 42.9 Å². The second kappa shape index (κ2) is 7.49. The van der Waals surface area contributed by atoms with Crippen LogP contribution in [0.15, 0.2) is 60.9 Å². The molecule has 6 nitrogen and oxygen atoms in total. The first kappa shape index (κ1) is 16.5. The Kier molecular flexibility index (Phi) is 4.75. The highest BCUT2D eigenvalue weighted by Crippen LogP contribution is 2.20. The molecular formula is C20H21N5O. The van der Waals surface area contributed by atoms with Crippen LogP contribution in [0.4, 0.5) is 11.5 Å². The van der Waals surface area contributed by atoms with E-state index in [1.807, 2.05) is 54.7 Å². The molecule has 4 rings (SSSR count). The standard InChI is InChI=1S/C20H21N5O/c26-19(23-17-7-3-5-16-6-4-10-22-20(16)17)15-24-11-13-25(14-12-24)18-8-1-2-9-21-18/h1-10H,11-15H2,(H,23,26). The Morgan fingerprint density at radius 2 is 1.73 bits per heavy atom. The van der Waals surface area contributed by atoms with E-state index in [-0.39, 0.29) is 5.91 Å².